The van der Waals surface area contributed by atoms with Crippen molar-refractivity contribution < 1.29 is 27.5 Å². The maximum atomic E-state index is 13.2. The number of imide groups is 1. The van der Waals surface area contributed by atoms with Gasteiger partial charge in [0.2, 0.25) is 21.8 Å². The van der Waals surface area contributed by atoms with Gasteiger partial charge >= 0.3 is 0 Å². The fraction of sp³-hybridized carbons (Fsp3) is 0.364. The lowest BCUT2D eigenvalue weighted by Crippen LogP contribution is -2.32. The Morgan fingerprint density at radius 1 is 0.968 bits per heavy atom. The van der Waals surface area contributed by atoms with Gasteiger partial charge in [0.1, 0.15) is 11.5 Å². The van der Waals surface area contributed by atoms with Crippen molar-refractivity contribution in [2.24, 2.45) is 0 Å². The van der Waals surface area contributed by atoms with E-state index in [2.05, 4.69) is 4.72 Å². The van der Waals surface area contributed by atoms with Crippen molar-refractivity contribution in [1.82, 2.24) is 4.72 Å². The molecule has 1 heterocycles. The van der Waals surface area contributed by atoms with Gasteiger partial charge in [-0.25, -0.2) is 18.0 Å². The van der Waals surface area contributed by atoms with Crippen molar-refractivity contribution in [3.63, 3.8) is 0 Å². The highest BCUT2D eigenvalue weighted by Gasteiger charge is 2.34. The Kier molecular flexibility index (Phi) is 5.72. The first-order valence-electron chi connectivity index (χ1n) is 10.1. The molecule has 0 spiro atoms. The second-order valence-electron chi connectivity index (χ2n) is 7.59. The molecule has 0 radical (unpaired) electrons. The number of fused-ring (bicyclic) bond motifs is 1. The van der Waals surface area contributed by atoms with Crippen LogP contribution < -0.4 is 19.1 Å². The van der Waals surface area contributed by atoms with E-state index in [0.29, 0.717) is 6.42 Å². The van der Waals surface area contributed by atoms with Crippen LogP contribution in [0.5, 0.6) is 11.5 Å². The van der Waals surface area contributed by atoms with Crippen molar-refractivity contribution in [3.8, 4) is 11.5 Å². The van der Waals surface area contributed by atoms with Gasteiger partial charge in [0.25, 0.3) is 0 Å². The lowest BCUT2D eigenvalue weighted by atomic mass is 9.88. The van der Waals surface area contributed by atoms with Crippen LogP contribution in [0.15, 0.2) is 41.3 Å². The van der Waals surface area contributed by atoms with Crippen LogP contribution in [0.3, 0.4) is 0 Å². The predicted molar refractivity (Wildman–Crippen MR) is 114 cm³/mol. The summed E-state index contributed by atoms with van der Waals surface area (Å²) in [6, 6.07) is 9.46. The second kappa shape index (κ2) is 8.32. The molecule has 1 aliphatic heterocycles. The van der Waals surface area contributed by atoms with Crippen molar-refractivity contribution >= 4 is 27.5 Å². The molecule has 1 fully saturated rings. The molecule has 164 valence electrons. The summed E-state index contributed by atoms with van der Waals surface area (Å²) in [7, 11) is -0.911. The summed E-state index contributed by atoms with van der Waals surface area (Å²) >= 11 is 0. The maximum Gasteiger partial charge on any atom is 0.241 e. The van der Waals surface area contributed by atoms with Crippen molar-refractivity contribution in [1.29, 1.82) is 0 Å². The minimum Gasteiger partial charge on any atom is -0.497 e. The quantitative estimate of drug-likeness (QED) is 0.688. The number of sulfonamides is 1. The Bertz CT molecular complexity index is 1130. The Labute approximate surface area is 181 Å². The SMILES string of the molecule is COc1ccc2c(c1)CCC[C@@H]2NS(=O)(=O)c1ccc(OC)c(N2C(=O)CCC2=O)c1. The van der Waals surface area contributed by atoms with Crippen LogP contribution in [0.25, 0.3) is 0 Å². The fourth-order valence-corrected chi connectivity index (χ4v) is 5.42. The predicted octanol–water partition coefficient (Wildman–Crippen LogP) is 2.71. The fourth-order valence-electron chi connectivity index (χ4n) is 4.15. The van der Waals surface area contributed by atoms with Gasteiger partial charge in [-0.05, 0) is 60.7 Å². The Morgan fingerprint density at radius 3 is 2.39 bits per heavy atom. The Balaban J connectivity index is 1.67. The number of hydrogen-bond acceptors (Lipinski definition) is 6. The molecule has 1 aliphatic carbocycles. The van der Waals surface area contributed by atoms with Crippen LogP contribution in [0.4, 0.5) is 5.69 Å². The number of amides is 2. The molecular formula is C22H24N2O6S. The number of anilines is 1. The third-order valence-electron chi connectivity index (χ3n) is 5.71. The highest BCUT2D eigenvalue weighted by molar-refractivity contribution is 7.89. The molecule has 1 atom stereocenters. The molecule has 0 saturated carbocycles. The largest absolute Gasteiger partial charge is 0.497 e. The van der Waals surface area contributed by atoms with Gasteiger partial charge < -0.3 is 9.47 Å². The van der Waals surface area contributed by atoms with Gasteiger partial charge in [-0.15, -0.1) is 0 Å². The second-order valence-corrected chi connectivity index (χ2v) is 9.30. The van der Waals surface area contributed by atoms with Crippen LogP contribution in [-0.2, 0) is 26.0 Å². The number of nitrogens with zero attached hydrogens (tertiary/aromatic N) is 1. The van der Waals surface area contributed by atoms with Gasteiger partial charge in [0, 0.05) is 18.9 Å². The van der Waals surface area contributed by atoms with E-state index in [9.17, 15) is 18.0 Å². The van der Waals surface area contributed by atoms with E-state index in [1.165, 1.54) is 25.3 Å². The average molecular weight is 445 g/mol. The van der Waals surface area contributed by atoms with Gasteiger partial charge in [-0.1, -0.05) is 6.07 Å². The van der Waals surface area contributed by atoms with Crippen molar-refractivity contribution in [2.75, 3.05) is 19.1 Å². The normalized spacial score (nSPS) is 18.8. The first kappa shape index (κ1) is 21.3. The highest BCUT2D eigenvalue weighted by Crippen LogP contribution is 2.36. The number of aryl methyl sites for hydroxylation is 1. The van der Waals surface area contributed by atoms with E-state index in [4.69, 9.17) is 9.47 Å². The first-order chi connectivity index (χ1) is 14.8. The maximum absolute atomic E-state index is 13.2. The van der Waals surface area contributed by atoms with Crippen LogP contribution in [0, 0.1) is 0 Å². The van der Waals surface area contributed by atoms with Gasteiger partial charge in [0.15, 0.2) is 0 Å². The Morgan fingerprint density at radius 2 is 1.71 bits per heavy atom. The number of methoxy groups -OCH3 is 2. The number of rotatable bonds is 6. The van der Waals surface area contributed by atoms with Crippen LogP contribution in [0.2, 0.25) is 0 Å². The summed E-state index contributed by atoms with van der Waals surface area (Å²) in [5.41, 5.74) is 2.13. The number of carbonyl (C=O) groups excluding carboxylic acids is 2. The zero-order chi connectivity index (χ0) is 22.2. The first-order valence-corrected chi connectivity index (χ1v) is 11.6. The zero-order valence-corrected chi connectivity index (χ0v) is 18.2. The zero-order valence-electron chi connectivity index (χ0n) is 17.4. The lowest BCUT2D eigenvalue weighted by molar-refractivity contribution is -0.121. The van der Waals surface area contributed by atoms with E-state index in [0.717, 1.165) is 34.6 Å². The molecule has 1 saturated heterocycles. The third-order valence-corrected chi connectivity index (χ3v) is 7.18. The van der Waals surface area contributed by atoms with Crippen LogP contribution in [-0.4, -0.2) is 34.5 Å². The van der Waals surface area contributed by atoms with Crippen molar-refractivity contribution in [3.05, 3.63) is 47.5 Å². The highest BCUT2D eigenvalue weighted by atomic mass is 32.2. The smallest absolute Gasteiger partial charge is 0.241 e. The van der Waals surface area contributed by atoms with E-state index in [-0.39, 0.29) is 47.0 Å². The van der Waals surface area contributed by atoms with Crippen LogP contribution in [0.1, 0.15) is 42.9 Å². The molecule has 0 unspecified atom stereocenters. The van der Waals surface area contributed by atoms with E-state index >= 15 is 0 Å². The molecule has 1 N–H and O–H groups in total. The standard InChI is InChI=1S/C22H24N2O6S/c1-29-15-6-8-17-14(12-15)4-3-5-18(17)23-31(27,28)16-7-9-20(30-2)19(13-16)24-21(25)10-11-22(24)26/h6-9,12-13,18,23H,3-5,10-11H2,1-2H3/t18-/m0/s1. The van der Waals surface area contributed by atoms with E-state index in [1.807, 2.05) is 18.2 Å². The summed E-state index contributed by atoms with van der Waals surface area (Å²) in [5.74, 6) is 0.251. The van der Waals surface area contributed by atoms with Crippen LogP contribution >= 0.6 is 0 Å². The molecule has 2 aromatic rings. The molecule has 0 aromatic heterocycles. The number of carbonyl (C=O) groups is 2. The number of benzene rings is 2. The number of nitrogens with one attached hydrogen (secondary N) is 1. The molecular weight excluding hydrogens is 420 g/mol. The third kappa shape index (κ3) is 4.03. The number of ether oxygens (including phenoxy) is 2. The lowest BCUT2D eigenvalue weighted by Gasteiger charge is -2.27. The van der Waals surface area contributed by atoms with Gasteiger partial charge in [-0.3, -0.25) is 9.59 Å². The summed E-state index contributed by atoms with van der Waals surface area (Å²) in [6.07, 6.45) is 2.57. The molecule has 4 rings (SSSR count). The summed E-state index contributed by atoms with van der Waals surface area (Å²) < 4.78 is 39.7. The summed E-state index contributed by atoms with van der Waals surface area (Å²) in [6.45, 7) is 0. The van der Waals surface area contributed by atoms with Gasteiger partial charge in [-0.2, -0.15) is 0 Å². The molecule has 8 nitrogen and oxygen atoms in total. The summed E-state index contributed by atoms with van der Waals surface area (Å²) in [4.78, 5) is 25.4. The van der Waals surface area contributed by atoms with E-state index in [1.54, 1.807) is 7.11 Å². The monoisotopic (exact) mass is 444 g/mol. The minimum atomic E-state index is -3.92. The number of hydrogen-bond donors (Lipinski definition) is 1. The minimum absolute atomic E-state index is 0.0311. The molecule has 31 heavy (non-hydrogen) atoms. The van der Waals surface area contributed by atoms with Gasteiger partial charge in [0.05, 0.1) is 24.8 Å². The molecule has 9 heteroatoms. The molecule has 0 bridgehead atoms. The van der Waals surface area contributed by atoms with Crippen molar-refractivity contribution in [2.45, 2.75) is 43.0 Å². The molecule has 2 amide bonds. The Hall–Kier alpha value is -2.91. The summed E-state index contributed by atoms with van der Waals surface area (Å²) in [5, 5.41) is 0. The molecule has 2 aliphatic rings. The molecule has 2 aromatic carbocycles. The average Bonchev–Trinajstić information content (AvgIpc) is 3.10. The van der Waals surface area contributed by atoms with E-state index < -0.39 is 10.0 Å². The topological polar surface area (TPSA) is 102 Å².